The third-order valence-electron chi connectivity index (χ3n) is 5.99. The molecule has 4 nitrogen and oxygen atoms in total. The minimum absolute atomic E-state index is 0.524. The second kappa shape index (κ2) is 4.23. The van der Waals surface area contributed by atoms with Gasteiger partial charge in [0.15, 0.2) is 10.8 Å². The number of hydrogen-bond acceptors (Lipinski definition) is 4. The lowest BCUT2D eigenvalue weighted by Crippen LogP contribution is -2.76. The number of rotatable bonds is 1. The molecule has 0 saturated heterocycles. The first-order valence-electron chi connectivity index (χ1n) is 7.34. The lowest BCUT2D eigenvalue weighted by molar-refractivity contribution is -0.194. The van der Waals surface area contributed by atoms with E-state index in [-0.39, 0.29) is 0 Å². The standard InChI is InChI=1S/C19H14N4/c1-16(2)17(8-15(9-17)14-6-4-3-5-7-14)19(12-22,13-23)18(16,10-20)11-21/h3-8H,9H2,1-2H3. The van der Waals surface area contributed by atoms with E-state index in [2.05, 4.69) is 0 Å². The van der Waals surface area contributed by atoms with Gasteiger partial charge in [-0.3, -0.25) is 0 Å². The van der Waals surface area contributed by atoms with Crippen LogP contribution in [0.2, 0.25) is 0 Å². The van der Waals surface area contributed by atoms with Gasteiger partial charge in [-0.15, -0.1) is 0 Å². The van der Waals surface area contributed by atoms with Crippen LogP contribution in [-0.2, 0) is 0 Å². The molecule has 0 radical (unpaired) electrons. The van der Waals surface area contributed by atoms with E-state index >= 15 is 0 Å². The fourth-order valence-electron chi connectivity index (χ4n) is 4.46. The van der Waals surface area contributed by atoms with Crippen LogP contribution in [0.3, 0.4) is 0 Å². The van der Waals surface area contributed by atoms with Crippen LogP contribution in [0.15, 0.2) is 36.4 Å². The molecule has 4 heteroatoms. The number of allylic oxidation sites excluding steroid dienone is 2. The Bertz CT molecular complexity index is 853. The van der Waals surface area contributed by atoms with Gasteiger partial charge in [0.2, 0.25) is 0 Å². The minimum Gasteiger partial charge on any atom is -0.196 e. The molecule has 0 aliphatic heterocycles. The van der Waals surface area contributed by atoms with Gasteiger partial charge in [0.1, 0.15) is 0 Å². The van der Waals surface area contributed by atoms with Crippen LogP contribution in [0.25, 0.3) is 5.57 Å². The molecular formula is C19H14N4. The fraction of sp³-hybridized carbons (Fsp3) is 0.368. The van der Waals surface area contributed by atoms with Crippen LogP contribution in [0.1, 0.15) is 25.8 Å². The van der Waals surface area contributed by atoms with Crippen LogP contribution in [-0.4, -0.2) is 0 Å². The van der Waals surface area contributed by atoms with E-state index in [9.17, 15) is 21.0 Å². The lowest BCUT2D eigenvalue weighted by atomic mass is 9.23. The van der Waals surface area contributed by atoms with Crippen LogP contribution >= 0.6 is 0 Å². The highest BCUT2D eigenvalue weighted by Gasteiger charge is 2.88. The van der Waals surface area contributed by atoms with Gasteiger partial charge in [-0.25, -0.2) is 0 Å². The Labute approximate surface area is 135 Å². The molecule has 23 heavy (non-hydrogen) atoms. The van der Waals surface area contributed by atoms with Crippen LogP contribution in [0.4, 0.5) is 0 Å². The zero-order valence-electron chi connectivity index (χ0n) is 13.0. The monoisotopic (exact) mass is 298 g/mol. The highest BCUT2D eigenvalue weighted by molar-refractivity contribution is 5.77. The fourth-order valence-corrected chi connectivity index (χ4v) is 4.46. The first kappa shape index (κ1) is 14.8. The second-order valence-electron chi connectivity index (χ2n) is 6.76. The van der Waals surface area contributed by atoms with Gasteiger partial charge in [-0.05, 0) is 17.6 Å². The highest BCUT2D eigenvalue weighted by atomic mass is 14.8. The zero-order chi connectivity index (χ0) is 16.9. The van der Waals surface area contributed by atoms with E-state index in [0.29, 0.717) is 6.42 Å². The number of nitrogens with zero attached hydrogens (tertiary/aromatic N) is 4. The van der Waals surface area contributed by atoms with Crippen molar-refractivity contribution in [2.75, 3.05) is 0 Å². The summed E-state index contributed by atoms with van der Waals surface area (Å²) in [4.78, 5) is 0. The van der Waals surface area contributed by atoms with Crippen molar-refractivity contribution >= 4 is 5.57 Å². The predicted molar refractivity (Wildman–Crippen MR) is 82.6 cm³/mol. The smallest absolute Gasteiger partial charge is 0.185 e. The Hall–Kier alpha value is -3.08. The van der Waals surface area contributed by atoms with Crippen molar-refractivity contribution < 1.29 is 0 Å². The van der Waals surface area contributed by atoms with Crippen LogP contribution in [0.5, 0.6) is 0 Å². The van der Waals surface area contributed by atoms with Crippen molar-refractivity contribution in [1.82, 2.24) is 0 Å². The van der Waals surface area contributed by atoms with Gasteiger partial charge in [-0.2, -0.15) is 21.0 Å². The van der Waals surface area contributed by atoms with Gasteiger partial charge >= 0.3 is 0 Å². The molecular weight excluding hydrogens is 284 g/mol. The molecule has 0 heterocycles. The Balaban J connectivity index is 2.19. The summed E-state index contributed by atoms with van der Waals surface area (Å²) in [6.07, 6.45) is 2.46. The SMILES string of the molecule is CC1(C)C(C#N)(C#N)C(C#N)(C#N)C12C=C(c1ccccc1)C2. The molecule has 1 aromatic carbocycles. The molecule has 1 saturated carbocycles. The van der Waals surface area contributed by atoms with E-state index in [1.54, 1.807) is 0 Å². The molecule has 0 amide bonds. The average Bonchev–Trinajstić information content (AvgIpc) is 2.53. The highest BCUT2D eigenvalue weighted by Crippen LogP contribution is 2.83. The van der Waals surface area contributed by atoms with Crippen molar-refractivity contribution in [3.05, 3.63) is 42.0 Å². The molecule has 3 rings (SSSR count). The molecule has 2 aliphatic carbocycles. The van der Waals surface area contributed by atoms with Crippen molar-refractivity contribution in [2.45, 2.75) is 20.3 Å². The van der Waals surface area contributed by atoms with Crippen molar-refractivity contribution in [3.63, 3.8) is 0 Å². The molecule has 1 aromatic rings. The molecule has 0 N–H and O–H groups in total. The van der Waals surface area contributed by atoms with Gasteiger partial charge in [0.25, 0.3) is 0 Å². The van der Waals surface area contributed by atoms with E-state index in [1.165, 1.54) is 0 Å². The zero-order valence-corrected chi connectivity index (χ0v) is 13.0. The molecule has 2 aliphatic rings. The summed E-state index contributed by atoms with van der Waals surface area (Å²) in [7, 11) is 0. The lowest BCUT2D eigenvalue weighted by Gasteiger charge is -2.72. The Kier molecular flexibility index (Phi) is 2.73. The quantitative estimate of drug-likeness (QED) is 0.791. The third kappa shape index (κ3) is 1.21. The third-order valence-corrected chi connectivity index (χ3v) is 5.99. The first-order chi connectivity index (χ1) is 10.9. The Morgan fingerprint density at radius 1 is 0.826 bits per heavy atom. The van der Waals surface area contributed by atoms with Crippen LogP contribution < -0.4 is 0 Å². The maximum absolute atomic E-state index is 9.72. The molecule has 1 spiro atoms. The molecule has 0 aromatic heterocycles. The number of benzene rings is 1. The van der Waals surface area contributed by atoms with Crippen molar-refractivity contribution in [2.24, 2.45) is 21.7 Å². The maximum Gasteiger partial charge on any atom is 0.185 e. The van der Waals surface area contributed by atoms with Crippen LogP contribution in [0, 0.1) is 67.0 Å². The largest absolute Gasteiger partial charge is 0.196 e. The molecule has 1 atom stereocenters. The molecule has 110 valence electrons. The Morgan fingerprint density at radius 3 is 1.74 bits per heavy atom. The molecule has 0 bridgehead atoms. The average molecular weight is 298 g/mol. The maximum atomic E-state index is 9.72. The summed E-state index contributed by atoms with van der Waals surface area (Å²) in [6.45, 7) is 3.62. The van der Waals surface area contributed by atoms with E-state index in [4.69, 9.17) is 0 Å². The summed E-state index contributed by atoms with van der Waals surface area (Å²) >= 11 is 0. The summed E-state index contributed by atoms with van der Waals surface area (Å²) in [5.74, 6) is 0. The Morgan fingerprint density at radius 2 is 1.30 bits per heavy atom. The number of nitriles is 4. The molecule has 1 unspecified atom stereocenters. The first-order valence-corrected chi connectivity index (χ1v) is 7.34. The second-order valence-corrected chi connectivity index (χ2v) is 6.76. The number of hydrogen-bond donors (Lipinski definition) is 0. The summed E-state index contributed by atoms with van der Waals surface area (Å²) in [5, 5.41) is 38.7. The minimum atomic E-state index is -1.63. The van der Waals surface area contributed by atoms with Gasteiger partial charge < -0.3 is 0 Å². The normalized spacial score (nSPS) is 27.8. The summed E-state index contributed by atoms with van der Waals surface area (Å²) in [5.41, 5.74) is -2.69. The van der Waals surface area contributed by atoms with Gasteiger partial charge in [-0.1, -0.05) is 50.3 Å². The topological polar surface area (TPSA) is 95.2 Å². The van der Waals surface area contributed by atoms with E-state index in [1.807, 2.05) is 74.5 Å². The van der Waals surface area contributed by atoms with Gasteiger partial charge in [0, 0.05) is 10.8 Å². The molecule has 1 fully saturated rings. The predicted octanol–water partition coefficient (Wildman–Crippen LogP) is 3.57. The summed E-state index contributed by atoms with van der Waals surface area (Å²) < 4.78 is 0. The van der Waals surface area contributed by atoms with E-state index < -0.39 is 21.7 Å². The summed E-state index contributed by atoms with van der Waals surface area (Å²) in [6, 6.07) is 17.8. The van der Waals surface area contributed by atoms with Crippen molar-refractivity contribution in [3.8, 4) is 24.3 Å². The van der Waals surface area contributed by atoms with Gasteiger partial charge in [0.05, 0.1) is 24.3 Å². The van der Waals surface area contributed by atoms with Crippen molar-refractivity contribution in [1.29, 1.82) is 21.0 Å². The van der Waals surface area contributed by atoms with E-state index in [0.717, 1.165) is 11.1 Å².